The van der Waals surface area contributed by atoms with Crippen molar-refractivity contribution >= 4 is 22.9 Å². The Bertz CT molecular complexity index is 574. The van der Waals surface area contributed by atoms with Gasteiger partial charge in [0, 0.05) is 4.88 Å². The van der Waals surface area contributed by atoms with E-state index in [4.69, 9.17) is 11.6 Å². The zero-order valence-corrected chi connectivity index (χ0v) is 13.5. The Morgan fingerprint density at radius 1 is 1.16 bits per heavy atom. The number of rotatable bonds is 4. The molecule has 0 bridgehead atoms. The molecule has 1 unspecified atom stereocenters. The predicted molar refractivity (Wildman–Crippen MR) is 85.5 cm³/mol. The van der Waals surface area contributed by atoms with Crippen molar-refractivity contribution in [2.75, 3.05) is 6.54 Å². The van der Waals surface area contributed by atoms with Crippen molar-refractivity contribution in [1.82, 2.24) is 5.32 Å². The fourth-order valence-corrected chi connectivity index (χ4v) is 3.56. The molecule has 1 nitrogen and oxygen atoms in total. The lowest BCUT2D eigenvalue weighted by atomic mass is 9.99. The molecule has 0 amide bonds. The largest absolute Gasteiger partial charge is 0.306 e. The molecule has 1 atom stereocenters. The van der Waals surface area contributed by atoms with Gasteiger partial charge in [-0.15, -0.1) is 11.3 Å². The van der Waals surface area contributed by atoms with Gasteiger partial charge in [-0.1, -0.05) is 36.7 Å². The molecule has 0 aliphatic carbocycles. The second-order valence-electron chi connectivity index (χ2n) is 4.93. The monoisotopic (exact) mass is 293 g/mol. The van der Waals surface area contributed by atoms with Gasteiger partial charge in [-0.2, -0.15) is 0 Å². The number of benzene rings is 1. The van der Waals surface area contributed by atoms with Gasteiger partial charge in [-0.3, -0.25) is 0 Å². The van der Waals surface area contributed by atoms with Gasteiger partial charge in [0.1, 0.15) is 0 Å². The summed E-state index contributed by atoms with van der Waals surface area (Å²) in [6.45, 7) is 9.41. The van der Waals surface area contributed by atoms with E-state index < -0.39 is 0 Å². The molecule has 0 fully saturated rings. The van der Waals surface area contributed by atoms with Gasteiger partial charge in [0.15, 0.2) is 0 Å². The average molecular weight is 294 g/mol. The molecule has 0 saturated heterocycles. The Labute approximate surface area is 124 Å². The van der Waals surface area contributed by atoms with Gasteiger partial charge in [0.05, 0.1) is 11.1 Å². The fraction of sp³-hybridized carbons (Fsp3) is 0.375. The third-order valence-corrected chi connectivity index (χ3v) is 5.24. The van der Waals surface area contributed by atoms with Crippen LogP contribution in [0.1, 0.15) is 40.1 Å². The minimum atomic E-state index is 0.190. The molecule has 1 heterocycles. The maximum atomic E-state index is 6.43. The Hall–Kier alpha value is -0.830. The number of thiophene rings is 1. The molecule has 19 heavy (non-hydrogen) atoms. The number of nitrogens with one attached hydrogen (secondary N) is 1. The van der Waals surface area contributed by atoms with Crippen molar-refractivity contribution in [3.05, 3.63) is 55.7 Å². The Morgan fingerprint density at radius 3 is 2.42 bits per heavy atom. The van der Waals surface area contributed by atoms with Crippen molar-refractivity contribution in [1.29, 1.82) is 0 Å². The van der Waals surface area contributed by atoms with E-state index in [1.165, 1.54) is 21.6 Å². The molecule has 0 aliphatic heterocycles. The van der Waals surface area contributed by atoms with Crippen LogP contribution in [-0.4, -0.2) is 6.54 Å². The highest BCUT2D eigenvalue weighted by Gasteiger charge is 2.19. The van der Waals surface area contributed by atoms with Crippen molar-refractivity contribution in [2.45, 2.75) is 33.7 Å². The highest BCUT2D eigenvalue weighted by atomic mass is 35.5. The number of aryl methyl sites for hydroxylation is 3. The van der Waals surface area contributed by atoms with Gasteiger partial charge in [-0.05, 0) is 54.9 Å². The van der Waals surface area contributed by atoms with E-state index in [9.17, 15) is 0 Å². The lowest BCUT2D eigenvalue weighted by molar-refractivity contribution is 0.639. The second kappa shape index (κ2) is 6.08. The van der Waals surface area contributed by atoms with E-state index in [-0.39, 0.29) is 6.04 Å². The molecule has 0 aliphatic rings. The van der Waals surface area contributed by atoms with Crippen LogP contribution in [-0.2, 0) is 0 Å². The zero-order valence-electron chi connectivity index (χ0n) is 11.9. The van der Waals surface area contributed by atoms with Crippen LogP contribution in [0.2, 0.25) is 5.02 Å². The highest BCUT2D eigenvalue weighted by molar-refractivity contribution is 7.10. The molecule has 0 spiro atoms. The van der Waals surface area contributed by atoms with E-state index in [0.29, 0.717) is 0 Å². The van der Waals surface area contributed by atoms with Gasteiger partial charge < -0.3 is 5.32 Å². The maximum Gasteiger partial charge on any atom is 0.0686 e. The summed E-state index contributed by atoms with van der Waals surface area (Å²) in [5.74, 6) is 0. The van der Waals surface area contributed by atoms with Crippen molar-refractivity contribution in [3.63, 3.8) is 0 Å². The van der Waals surface area contributed by atoms with Crippen LogP contribution in [0, 0.1) is 20.8 Å². The fourth-order valence-electron chi connectivity index (χ4n) is 2.15. The number of hydrogen-bond acceptors (Lipinski definition) is 2. The van der Waals surface area contributed by atoms with Gasteiger partial charge in [0.2, 0.25) is 0 Å². The summed E-state index contributed by atoms with van der Waals surface area (Å²) in [7, 11) is 0. The average Bonchev–Trinajstić information content (AvgIpc) is 2.71. The second-order valence-corrected chi connectivity index (χ2v) is 6.22. The number of hydrogen-bond donors (Lipinski definition) is 1. The van der Waals surface area contributed by atoms with Crippen LogP contribution in [0.25, 0.3) is 0 Å². The Morgan fingerprint density at radius 2 is 1.89 bits per heavy atom. The minimum Gasteiger partial charge on any atom is -0.306 e. The molecule has 2 aromatic rings. The maximum absolute atomic E-state index is 6.43. The topological polar surface area (TPSA) is 12.0 Å². The molecule has 0 radical (unpaired) electrons. The van der Waals surface area contributed by atoms with Gasteiger partial charge in [-0.25, -0.2) is 0 Å². The molecule has 102 valence electrons. The van der Waals surface area contributed by atoms with Crippen LogP contribution >= 0.6 is 22.9 Å². The minimum absolute atomic E-state index is 0.190. The van der Waals surface area contributed by atoms with Crippen LogP contribution in [0.4, 0.5) is 0 Å². The van der Waals surface area contributed by atoms with Crippen LogP contribution < -0.4 is 5.32 Å². The quantitative estimate of drug-likeness (QED) is 0.834. The molecular formula is C16H20ClNS. The summed E-state index contributed by atoms with van der Waals surface area (Å²) in [6, 6.07) is 6.83. The van der Waals surface area contributed by atoms with Gasteiger partial charge in [0.25, 0.3) is 0 Å². The standard InChI is InChI=1S/C16H20ClNS/c1-5-18-15(16-14(17)12(4)9-19-16)13-7-6-10(2)11(3)8-13/h6-9,15,18H,5H2,1-4H3. The third-order valence-electron chi connectivity index (χ3n) is 3.46. The van der Waals surface area contributed by atoms with E-state index >= 15 is 0 Å². The first kappa shape index (κ1) is 14.6. The Kier molecular flexibility index (Phi) is 4.67. The SMILES string of the molecule is CCNC(c1ccc(C)c(C)c1)c1scc(C)c1Cl. The first-order valence-electron chi connectivity index (χ1n) is 6.58. The molecule has 2 rings (SSSR count). The summed E-state index contributed by atoms with van der Waals surface area (Å²) in [4.78, 5) is 1.21. The van der Waals surface area contributed by atoms with E-state index in [1.54, 1.807) is 11.3 Å². The summed E-state index contributed by atoms with van der Waals surface area (Å²) < 4.78 is 0. The lowest BCUT2D eigenvalue weighted by Gasteiger charge is -2.19. The molecule has 0 saturated carbocycles. The molecule has 1 N–H and O–H groups in total. The van der Waals surface area contributed by atoms with E-state index in [2.05, 4.69) is 56.6 Å². The molecular weight excluding hydrogens is 274 g/mol. The van der Waals surface area contributed by atoms with E-state index in [0.717, 1.165) is 17.1 Å². The zero-order chi connectivity index (χ0) is 14.0. The highest BCUT2D eigenvalue weighted by Crippen LogP contribution is 2.36. The van der Waals surface area contributed by atoms with Crippen LogP contribution in [0.15, 0.2) is 23.6 Å². The first-order chi connectivity index (χ1) is 9.04. The van der Waals surface area contributed by atoms with Crippen molar-refractivity contribution in [3.8, 4) is 0 Å². The lowest BCUT2D eigenvalue weighted by Crippen LogP contribution is -2.21. The smallest absolute Gasteiger partial charge is 0.0686 e. The van der Waals surface area contributed by atoms with E-state index in [1.807, 2.05) is 0 Å². The summed E-state index contributed by atoms with van der Waals surface area (Å²) in [5.41, 5.74) is 5.10. The summed E-state index contributed by atoms with van der Waals surface area (Å²) in [5, 5.41) is 6.57. The first-order valence-corrected chi connectivity index (χ1v) is 7.84. The molecule has 1 aromatic carbocycles. The summed E-state index contributed by atoms with van der Waals surface area (Å²) in [6.07, 6.45) is 0. The van der Waals surface area contributed by atoms with Crippen LogP contribution in [0.5, 0.6) is 0 Å². The third kappa shape index (κ3) is 3.02. The number of halogens is 1. The van der Waals surface area contributed by atoms with Crippen LogP contribution in [0.3, 0.4) is 0 Å². The Balaban J connectivity index is 2.45. The molecule has 1 aromatic heterocycles. The van der Waals surface area contributed by atoms with Gasteiger partial charge >= 0.3 is 0 Å². The van der Waals surface area contributed by atoms with Crippen molar-refractivity contribution in [2.24, 2.45) is 0 Å². The van der Waals surface area contributed by atoms with Crippen molar-refractivity contribution < 1.29 is 0 Å². The predicted octanol–water partition coefficient (Wildman–Crippen LogP) is 5.03. The normalized spacial score (nSPS) is 12.7. The molecule has 3 heteroatoms. The summed E-state index contributed by atoms with van der Waals surface area (Å²) >= 11 is 8.17.